The number of rotatable bonds is 7. The van der Waals surface area contributed by atoms with Crippen LogP contribution in [-0.2, 0) is 21.4 Å². The third kappa shape index (κ3) is 3.76. The maximum absolute atomic E-state index is 13.1. The molecule has 0 aliphatic carbocycles. The monoisotopic (exact) mass is 425 g/mol. The van der Waals surface area contributed by atoms with Gasteiger partial charge >= 0.3 is 0 Å². The van der Waals surface area contributed by atoms with Gasteiger partial charge in [0.15, 0.2) is 0 Å². The number of benzene rings is 1. The number of ether oxygens (including phenoxy) is 1. The van der Waals surface area contributed by atoms with Gasteiger partial charge in [0, 0.05) is 36.4 Å². The van der Waals surface area contributed by atoms with E-state index in [-0.39, 0.29) is 24.1 Å². The lowest BCUT2D eigenvalue weighted by Crippen LogP contribution is -2.29. The fourth-order valence-corrected chi connectivity index (χ4v) is 4.98. The molecule has 4 rings (SSSR count). The van der Waals surface area contributed by atoms with Gasteiger partial charge in [-0.15, -0.1) is 0 Å². The minimum Gasteiger partial charge on any atom is -0.491 e. The molecule has 3 aromatic rings. The van der Waals surface area contributed by atoms with Crippen LogP contribution in [0, 0.1) is 0 Å². The molecular weight excluding hydrogens is 402 g/mol. The van der Waals surface area contributed by atoms with Crippen LogP contribution < -0.4 is 4.74 Å². The minimum absolute atomic E-state index is 0.0219. The molecule has 0 bridgehead atoms. The molecule has 0 saturated heterocycles. The zero-order chi connectivity index (χ0) is 21.3. The summed E-state index contributed by atoms with van der Waals surface area (Å²) in [6.07, 6.45) is 6.31. The van der Waals surface area contributed by atoms with Crippen LogP contribution in [0.4, 0.5) is 0 Å². The summed E-state index contributed by atoms with van der Waals surface area (Å²) in [4.78, 5) is 15.6. The van der Waals surface area contributed by atoms with Crippen molar-refractivity contribution in [2.45, 2.75) is 31.4 Å². The Morgan fingerprint density at radius 1 is 1.20 bits per heavy atom. The maximum atomic E-state index is 13.1. The SMILES string of the molecule is CC(C)Oc1ccc(S(=O)(=O)N2CC=C(c3cn(CC=O)c4ncccc34)C2)cc1. The molecule has 8 heteroatoms. The van der Waals surface area contributed by atoms with E-state index in [0.717, 1.165) is 22.8 Å². The van der Waals surface area contributed by atoms with Crippen LogP contribution in [0.5, 0.6) is 5.75 Å². The molecule has 3 heterocycles. The summed E-state index contributed by atoms with van der Waals surface area (Å²) in [7, 11) is -3.63. The first-order valence-corrected chi connectivity index (χ1v) is 11.2. The highest BCUT2D eigenvalue weighted by molar-refractivity contribution is 7.89. The number of carbonyl (C=O) groups is 1. The molecule has 0 saturated carbocycles. The van der Waals surface area contributed by atoms with E-state index >= 15 is 0 Å². The fraction of sp³-hybridized carbons (Fsp3) is 0.273. The molecule has 0 fully saturated rings. The lowest BCUT2D eigenvalue weighted by Gasteiger charge is -2.17. The van der Waals surface area contributed by atoms with Crippen molar-refractivity contribution in [3.05, 3.63) is 60.4 Å². The van der Waals surface area contributed by atoms with Crippen LogP contribution in [-0.4, -0.2) is 47.8 Å². The largest absolute Gasteiger partial charge is 0.491 e. The van der Waals surface area contributed by atoms with E-state index in [9.17, 15) is 13.2 Å². The highest BCUT2D eigenvalue weighted by Gasteiger charge is 2.29. The first kappa shape index (κ1) is 20.3. The summed E-state index contributed by atoms with van der Waals surface area (Å²) < 4.78 is 35.0. The van der Waals surface area contributed by atoms with E-state index in [0.29, 0.717) is 17.9 Å². The van der Waals surface area contributed by atoms with Gasteiger partial charge in [0.2, 0.25) is 10.0 Å². The van der Waals surface area contributed by atoms with E-state index in [1.165, 1.54) is 4.31 Å². The van der Waals surface area contributed by atoms with Gasteiger partial charge in [0.05, 0.1) is 17.5 Å². The Morgan fingerprint density at radius 3 is 2.67 bits per heavy atom. The summed E-state index contributed by atoms with van der Waals surface area (Å²) in [6.45, 7) is 4.60. The van der Waals surface area contributed by atoms with Crippen LogP contribution in [0.1, 0.15) is 19.4 Å². The van der Waals surface area contributed by atoms with E-state index < -0.39 is 10.0 Å². The molecule has 1 aromatic carbocycles. The van der Waals surface area contributed by atoms with Crippen molar-refractivity contribution < 1.29 is 17.9 Å². The Hall–Kier alpha value is -2.97. The van der Waals surface area contributed by atoms with E-state index in [4.69, 9.17) is 4.74 Å². The minimum atomic E-state index is -3.63. The third-order valence-corrected chi connectivity index (χ3v) is 6.80. The highest BCUT2D eigenvalue weighted by Crippen LogP contribution is 2.31. The van der Waals surface area contributed by atoms with Gasteiger partial charge < -0.3 is 14.1 Å². The summed E-state index contributed by atoms with van der Waals surface area (Å²) >= 11 is 0. The number of nitrogens with zero attached hydrogens (tertiary/aromatic N) is 3. The molecule has 0 amide bonds. The second-order valence-electron chi connectivity index (χ2n) is 7.40. The average molecular weight is 426 g/mol. The van der Waals surface area contributed by atoms with Crippen LogP contribution in [0.15, 0.2) is 59.8 Å². The third-order valence-electron chi connectivity index (χ3n) is 4.97. The van der Waals surface area contributed by atoms with Gasteiger partial charge in [0.25, 0.3) is 0 Å². The summed E-state index contributed by atoms with van der Waals surface area (Å²) in [5.74, 6) is 0.639. The van der Waals surface area contributed by atoms with Crippen molar-refractivity contribution in [2.75, 3.05) is 13.1 Å². The zero-order valence-electron chi connectivity index (χ0n) is 16.9. The molecule has 0 atom stereocenters. The Kier molecular flexibility index (Phi) is 5.44. The van der Waals surface area contributed by atoms with Crippen molar-refractivity contribution in [2.24, 2.45) is 0 Å². The molecule has 0 unspecified atom stereocenters. The van der Waals surface area contributed by atoms with Crippen LogP contribution in [0.25, 0.3) is 16.6 Å². The standard InChI is InChI=1S/C22H23N3O4S/c1-16(2)29-18-5-7-19(8-6-18)30(27,28)25-11-9-17(14-25)21-15-24(12-13-26)22-20(21)4-3-10-23-22/h3-10,13,15-16H,11-12,14H2,1-2H3. The van der Waals surface area contributed by atoms with Crippen LogP contribution in [0.2, 0.25) is 0 Å². The maximum Gasteiger partial charge on any atom is 0.243 e. The zero-order valence-corrected chi connectivity index (χ0v) is 17.7. The average Bonchev–Trinajstić information content (AvgIpc) is 3.34. The fourth-order valence-electron chi connectivity index (χ4n) is 3.62. The molecule has 1 aliphatic rings. The number of aldehydes is 1. The Bertz CT molecular complexity index is 1210. The molecule has 30 heavy (non-hydrogen) atoms. The molecule has 7 nitrogen and oxygen atoms in total. The highest BCUT2D eigenvalue weighted by atomic mass is 32.2. The van der Waals surface area contributed by atoms with Crippen molar-refractivity contribution in [1.82, 2.24) is 13.9 Å². The number of hydrogen-bond donors (Lipinski definition) is 0. The summed E-state index contributed by atoms with van der Waals surface area (Å²) in [5, 5.41) is 0.903. The molecule has 0 radical (unpaired) electrons. The van der Waals surface area contributed by atoms with Gasteiger partial charge in [-0.05, 0) is 55.8 Å². The predicted octanol–water partition coefficient (Wildman–Crippen LogP) is 3.11. The lowest BCUT2D eigenvalue weighted by atomic mass is 10.1. The second-order valence-corrected chi connectivity index (χ2v) is 9.34. The normalized spacial score (nSPS) is 15.0. The topological polar surface area (TPSA) is 81.5 Å². The van der Waals surface area contributed by atoms with Gasteiger partial charge in [-0.3, -0.25) is 0 Å². The van der Waals surface area contributed by atoms with Gasteiger partial charge in [-0.2, -0.15) is 4.31 Å². The first-order chi connectivity index (χ1) is 14.4. The predicted molar refractivity (Wildman–Crippen MR) is 115 cm³/mol. The van der Waals surface area contributed by atoms with Gasteiger partial charge in [-0.1, -0.05) is 6.08 Å². The number of hydrogen-bond acceptors (Lipinski definition) is 5. The smallest absolute Gasteiger partial charge is 0.243 e. The number of pyridine rings is 1. The van der Waals surface area contributed by atoms with E-state index in [1.807, 2.05) is 38.3 Å². The van der Waals surface area contributed by atoms with Crippen LogP contribution in [0.3, 0.4) is 0 Å². The van der Waals surface area contributed by atoms with Crippen molar-refractivity contribution >= 4 is 32.9 Å². The van der Waals surface area contributed by atoms with Crippen molar-refractivity contribution in [3.63, 3.8) is 0 Å². The Morgan fingerprint density at radius 2 is 1.97 bits per heavy atom. The van der Waals surface area contributed by atoms with E-state index in [2.05, 4.69) is 4.98 Å². The van der Waals surface area contributed by atoms with Crippen molar-refractivity contribution in [1.29, 1.82) is 0 Å². The summed E-state index contributed by atoms with van der Waals surface area (Å²) in [6, 6.07) is 10.3. The number of fused-ring (bicyclic) bond motifs is 1. The summed E-state index contributed by atoms with van der Waals surface area (Å²) in [5.41, 5.74) is 2.52. The molecule has 2 aromatic heterocycles. The molecule has 0 N–H and O–H groups in total. The Balaban J connectivity index is 1.58. The quantitative estimate of drug-likeness (QED) is 0.543. The van der Waals surface area contributed by atoms with Crippen molar-refractivity contribution in [3.8, 4) is 5.75 Å². The Labute approximate surface area is 175 Å². The molecule has 1 aliphatic heterocycles. The molecule has 0 spiro atoms. The second kappa shape index (κ2) is 8.04. The molecule has 156 valence electrons. The van der Waals surface area contributed by atoms with Crippen LogP contribution >= 0.6 is 0 Å². The number of sulfonamides is 1. The first-order valence-electron chi connectivity index (χ1n) is 9.74. The number of carbonyl (C=O) groups excluding carboxylic acids is 1. The number of aromatic nitrogens is 2. The molecular formula is C22H23N3O4S. The van der Waals surface area contributed by atoms with Gasteiger partial charge in [0.1, 0.15) is 17.7 Å². The van der Waals surface area contributed by atoms with Gasteiger partial charge in [-0.25, -0.2) is 13.4 Å². The van der Waals surface area contributed by atoms with E-state index in [1.54, 1.807) is 35.0 Å². The lowest BCUT2D eigenvalue weighted by molar-refractivity contribution is -0.108.